The fourth-order valence-corrected chi connectivity index (χ4v) is 1.89. The first-order valence-electron chi connectivity index (χ1n) is 5.76. The molecule has 0 aliphatic carbocycles. The number of hydrogen-bond donors (Lipinski definition) is 0. The van der Waals surface area contributed by atoms with Gasteiger partial charge in [-0.1, -0.05) is 18.2 Å². The summed E-state index contributed by atoms with van der Waals surface area (Å²) in [5.74, 6) is -7.80. The molecule has 1 aliphatic rings. The van der Waals surface area contributed by atoms with Crippen LogP contribution in [0.2, 0.25) is 0 Å². The summed E-state index contributed by atoms with van der Waals surface area (Å²) >= 11 is 0. The number of hydrogen-bond acceptors (Lipinski definition) is 2. The second-order valence-corrected chi connectivity index (χ2v) is 4.51. The summed E-state index contributed by atoms with van der Waals surface area (Å²) in [6, 6.07) is 2.45. The maximum absolute atomic E-state index is 14.0. The van der Waals surface area contributed by atoms with E-state index >= 15 is 0 Å². The molecule has 1 aromatic carbocycles. The minimum atomic E-state index is -5.98. The number of nitrogens with zero attached hydrogens (tertiary/aromatic N) is 2. The van der Waals surface area contributed by atoms with Crippen molar-refractivity contribution in [3.63, 3.8) is 0 Å². The molecule has 1 unspecified atom stereocenters. The highest BCUT2D eigenvalue weighted by Gasteiger charge is 2.68. The van der Waals surface area contributed by atoms with Crippen LogP contribution in [0, 0.1) is 5.92 Å². The monoisotopic (exact) mass is 314 g/mol. The molecule has 0 saturated heterocycles. The van der Waals surface area contributed by atoms with Crippen molar-refractivity contribution in [3.8, 4) is 0 Å². The molecule has 1 aliphatic heterocycles. The van der Waals surface area contributed by atoms with E-state index in [0.29, 0.717) is 6.92 Å². The van der Waals surface area contributed by atoms with Crippen LogP contribution in [0.15, 0.2) is 35.4 Å². The zero-order valence-electron chi connectivity index (χ0n) is 10.5. The molecular weight excluding hydrogens is 305 g/mol. The summed E-state index contributed by atoms with van der Waals surface area (Å²) in [4.78, 5) is 0. The number of para-hydroxylation sites is 1. The van der Waals surface area contributed by atoms with Crippen molar-refractivity contribution in [2.45, 2.75) is 25.1 Å². The Kier molecular flexibility index (Phi) is 3.42. The van der Waals surface area contributed by atoms with E-state index < -0.39 is 29.8 Å². The number of rotatable bonds is 2. The molecule has 1 aromatic rings. The molecule has 1 heterocycles. The van der Waals surface area contributed by atoms with Gasteiger partial charge in [0.1, 0.15) is 5.71 Å². The van der Waals surface area contributed by atoms with Gasteiger partial charge in [0, 0.05) is 0 Å². The number of anilines is 1. The number of hydrazone groups is 1. The SMILES string of the molecule is CC1C(C(F)(F)C(F)(F)F)=NN(c2ccccc2)C1(F)F. The van der Waals surface area contributed by atoms with Crippen LogP contribution in [-0.4, -0.2) is 23.9 Å². The van der Waals surface area contributed by atoms with Gasteiger partial charge in [0.25, 0.3) is 0 Å². The first kappa shape index (κ1) is 15.6. The maximum Gasteiger partial charge on any atom is 0.459 e. The normalized spacial score (nSPS) is 22.4. The molecule has 9 heteroatoms. The van der Waals surface area contributed by atoms with Crippen LogP contribution in [0.25, 0.3) is 0 Å². The van der Waals surface area contributed by atoms with E-state index in [4.69, 9.17) is 0 Å². The second kappa shape index (κ2) is 4.60. The van der Waals surface area contributed by atoms with Gasteiger partial charge in [-0.3, -0.25) is 0 Å². The molecule has 2 rings (SSSR count). The molecule has 116 valence electrons. The van der Waals surface area contributed by atoms with Crippen LogP contribution in [-0.2, 0) is 0 Å². The van der Waals surface area contributed by atoms with Crippen molar-refractivity contribution < 1.29 is 30.7 Å². The Morgan fingerprint density at radius 2 is 1.57 bits per heavy atom. The first-order chi connectivity index (χ1) is 9.49. The fourth-order valence-electron chi connectivity index (χ4n) is 1.89. The number of benzene rings is 1. The molecule has 0 N–H and O–H groups in total. The summed E-state index contributed by atoms with van der Waals surface area (Å²) in [7, 11) is 0. The third kappa shape index (κ3) is 2.34. The van der Waals surface area contributed by atoms with Crippen molar-refractivity contribution >= 4 is 11.4 Å². The van der Waals surface area contributed by atoms with Crippen molar-refractivity contribution in [1.82, 2.24) is 0 Å². The lowest BCUT2D eigenvalue weighted by Crippen LogP contribution is -2.48. The van der Waals surface area contributed by atoms with Gasteiger partial charge in [-0.05, 0) is 19.1 Å². The molecule has 0 bridgehead atoms. The van der Waals surface area contributed by atoms with Crippen LogP contribution in [0.4, 0.5) is 36.4 Å². The quantitative estimate of drug-likeness (QED) is 0.587. The Bertz CT molecular complexity index is 550. The van der Waals surface area contributed by atoms with E-state index in [1.807, 2.05) is 0 Å². The summed E-state index contributed by atoms with van der Waals surface area (Å²) in [6.07, 6.45) is -5.98. The minimum absolute atomic E-state index is 0.105. The van der Waals surface area contributed by atoms with Crippen molar-refractivity contribution in [2.24, 2.45) is 11.0 Å². The Hall–Kier alpha value is -1.80. The standard InChI is InChI=1S/C12H9F7N2/c1-7-9(10(13,14)12(17,18)19)20-21(11(7,15)16)8-5-3-2-4-6-8/h2-7H,1H3. The van der Waals surface area contributed by atoms with E-state index in [9.17, 15) is 30.7 Å². The van der Waals surface area contributed by atoms with Gasteiger partial charge in [0.15, 0.2) is 0 Å². The zero-order chi connectivity index (χ0) is 16.1. The van der Waals surface area contributed by atoms with Gasteiger partial charge in [0.05, 0.1) is 11.6 Å². The lowest BCUT2D eigenvalue weighted by atomic mass is 9.98. The van der Waals surface area contributed by atoms with E-state index in [2.05, 4.69) is 5.10 Å². The summed E-state index contributed by atoms with van der Waals surface area (Å²) in [6.45, 7) is 0.585. The van der Waals surface area contributed by atoms with Gasteiger partial charge in [0.2, 0.25) is 0 Å². The zero-order valence-corrected chi connectivity index (χ0v) is 10.5. The highest BCUT2D eigenvalue weighted by Crippen LogP contribution is 2.47. The van der Waals surface area contributed by atoms with Crippen LogP contribution in [0.5, 0.6) is 0 Å². The van der Waals surface area contributed by atoms with Crippen LogP contribution >= 0.6 is 0 Å². The number of alkyl halides is 7. The van der Waals surface area contributed by atoms with Crippen molar-refractivity contribution in [1.29, 1.82) is 0 Å². The van der Waals surface area contributed by atoms with Crippen molar-refractivity contribution in [2.75, 3.05) is 5.01 Å². The van der Waals surface area contributed by atoms with Gasteiger partial charge >= 0.3 is 18.1 Å². The highest BCUT2D eigenvalue weighted by atomic mass is 19.4. The largest absolute Gasteiger partial charge is 0.459 e. The highest BCUT2D eigenvalue weighted by molar-refractivity contribution is 5.97. The van der Waals surface area contributed by atoms with E-state index in [1.54, 1.807) is 0 Å². The predicted octanol–water partition coefficient (Wildman–Crippen LogP) is 4.29. The van der Waals surface area contributed by atoms with Crippen LogP contribution in [0.1, 0.15) is 6.92 Å². The molecule has 1 atom stereocenters. The summed E-state index contributed by atoms with van der Waals surface area (Å²) in [5, 5.41) is 2.76. The predicted molar refractivity (Wildman–Crippen MR) is 61.5 cm³/mol. The first-order valence-corrected chi connectivity index (χ1v) is 5.76. The van der Waals surface area contributed by atoms with Crippen LogP contribution in [0.3, 0.4) is 0 Å². The average molecular weight is 314 g/mol. The van der Waals surface area contributed by atoms with Crippen molar-refractivity contribution in [3.05, 3.63) is 30.3 Å². The molecule has 0 fully saturated rings. The second-order valence-electron chi connectivity index (χ2n) is 4.51. The van der Waals surface area contributed by atoms with E-state index in [0.717, 1.165) is 12.1 Å². The lowest BCUT2D eigenvalue weighted by molar-refractivity contribution is -0.251. The third-order valence-electron chi connectivity index (χ3n) is 3.10. The fraction of sp³-hybridized carbons (Fsp3) is 0.417. The van der Waals surface area contributed by atoms with Crippen LogP contribution < -0.4 is 5.01 Å². The number of halogens is 7. The third-order valence-corrected chi connectivity index (χ3v) is 3.10. The van der Waals surface area contributed by atoms with Gasteiger partial charge in [-0.15, -0.1) is 0 Å². The Balaban J connectivity index is 2.50. The average Bonchev–Trinajstić information content (AvgIpc) is 2.61. The van der Waals surface area contributed by atoms with Gasteiger partial charge < -0.3 is 0 Å². The molecule has 0 aromatic heterocycles. The molecular formula is C12H9F7N2. The Morgan fingerprint density at radius 3 is 2.05 bits per heavy atom. The molecule has 0 amide bonds. The Labute approximate surface area is 114 Å². The van der Waals surface area contributed by atoms with Gasteiger partial charge in [-0.2, -0.15) is 35.8 Å². The van der Waals surface area contributed by atoms with Gasteiger partial charge in [-0.25, -0.2) is 5.01 Å². The Morgan fingerprint density at radius 1 is 1.05 bits per heavy atom. The summed E-state index contributed by atoms with van der Waals surface area (Å²) < 4.78 is 91.6. The van der Waals surface area contributed by atoms with E-state index in [1.165, 1.54) is 18.2 Å². The lowest BCUT2D eigenvalue weighted by Gasteiger charge is -2.26. The topological polar surface area (TPSA) is 15.6 Å². The molecule has 0 saturated carbocycles. The van der Waals surface area contributed by atoms with E-state index in [-0.39, 0.29) is 10.7 Å². The smallest absolute Gasteiger partial charge is 0.201 e. The molecule has 21 heavy (non-hydrogen) atoms. The minimum Gasteiger partial charge on any atom is -0.201 e. The maximum atomic E-state index is 14.0. The molecule has 0 spiro atoms. The summed E-state index contributed by atoms with van der Waals surface area (Å²) in [5.41, 5.74) is -2.17. The molecule has 2 nitrogen and oxygen atoms in total. The molecule has 0 radical (unpaired) electrons.